The smallest absolute Gasteiger partial charge is 0.194 e. The van der Waals surface area contributed by atoms with Crippen LogP contribution in [0.25, 0.3) is 10.8 Å². The summed E-state index contributed by atoms with van der Waals surface area (Å²) >= 11 is 0. The Labute approximate surface area is 172 Å². The number of aromatic nitrogens is 1. The van der Waals surface area contributed by atoms with E-state index in [0.717, 1.165) is 56.7 Å². The standard InChI is InChI=1S/C23H29N5O/c1-3-24-23(25-16-20-9-6-8-19-7-4-5-10-22(19)20)28-13-11-27(12-14-28)17-21-15-18(2)29-26-21/h4-10,15H,3,11-14,16-17H2,1-2H3,(H,24,25). The van der Waals surface area contributed by atoms with E-state index in [9.17, 15) is 0 Å². The molecule has 1 fully saturated rings. The molecule has 0 aliphatic carbocycles. The van der Waals surface area contributed by atoms with Crippen molar-refractivity contribution >= 4 is 16.7 Å². The molecule has 2 aromatic carbocycles. The van der Waals surface area contributed by atoms with Crippen LogP contribution in [0.1, 0.15) is 23.9 Å². The van der Waals surface area contributed by atoms with Gasteiger partial charge in [-0.3, -0.25) is 4.90 Å². The molecule has 4 rings (SSSR count). The molecule has 1 N–H and O–H groups in total. The van der Waals surface area contributed by atoms with E-state index < -0.39 is 0 Å². The Morgan fingerprint density at radius 3 is 2.66 bits per heavy atom. The molecule has 1 aliphatic heterocycles. The molecule has 152 valence electrons. The maximum atomic E-state index is 5.19. The highest BCUT2D eigenvalue weighted by Crippen LogP contribution is 2.19. The summed E-state index contributed by atoms with van der Waals surface area (Å²) < 4.78 is 5.19. The Morgan fingerprint density at radius 1 is 1.10 bits per heavy atom. The molecule has 6 nitrogen and oxygen atoms in total. The summed E-state index contributed by atoms with van der Waals surface area (Å²) in [5.41, 5.74) is 2.27. The summed E-state index contributed by atoms with van der Waals surface area (Å²) in [5, 5.41) is 10.1. The molecule has 0 radical (unpaired) electrons. The number of fused-ring (bicyclic) bond motifs is 1. The van der Waals surface area contributed by atoms with Gasteiger partial charge < -0.3 is 14.7 Å². The number of hydrogen-bond donors (Lipinski definition) is 1. The zero-order valence-electron chi connectivity index (χ0n) is 17.3. The summed E-state index contributed by atoms with van der Waals surface area (Å²) in [6, 6.07) is 17.0. The van der Waals surface area contributed by atoms with Crippen LogP contribution >= 0.6 is 0 Å². The lowest BCUT2D eigenvalue weighted by Gasteiger charge is -2.36. The minimum atomic E-state index is 0.683. The molecule has 6 heteroatoms. The molecule has 1 aromatic heterocycles. The minimum absolute atomic E-state index is 0.683. The van der Waals surface area contributed by atoms with Gasteiger partial charge in [-0.15, -0.1) is 0 Å². The molecular formula is C23H29N5O. The average Bonchev–Trinajstić information content (AvgIpc) is 3.16. The average molecular weight is 392 g/mol. The van der Waals surface area contributed by atoms with Crippen LogP contribution in [0.3, 0.4) is 0 Å². The predicted octanol–water partition coefficient (Wildman–Crippen LogP) is 3.42. The topological polar surface area (TPSA) is 56.9 Å². The van der Waals surface area contributed by atoms with Crippen molar-refractivity contribution in [2.45, 2.75) is 26.9 Å². The molecule has 0 amide bonds. The van der Waals surface area contributed by atoms with Crippen LogP contribution < -0.4 is 5.32 Å². The number of hydrogen-bond acceptors (Lipinski definition) is 4. The van der Waals surface area contributed by atoms with Crippen molar-refractivity contribution in [2.24, 2.45) is 4.99 Å². The molecule has 0 spiro atoms. The van der Waals surface area contributed by atoms with E-state index in [2.05, 4.69) is 69.7 Å². The maximum Gasteiger partial charge on any atom is 0.194 e. The number of nitrogens with one attached hydrogen (secondary N) is 1. The van der Waals surface area contributed by atoms with Gasteiger partial charge in [0.2, 0.25) is 0 Å². The van der Waals surface area contributed by atoms with Crippen molar-refractivity contribution < 1.29 is 4.52 Å². The lowest BCUT2D eigenvalue weighted by molar-refractivity contribution is 0.169. The largest absolute Gasteiger partial charge is 0.361 e. The molecule has 0 unspecified atom stereocenters. The number of nitrogens with zero attached hydrogens (tertiary/aromatic N) is 4. The summed E-state index contributed by atoms with van der Waals surface area (Å²) in [6.07, 6.45) is 0. The summed E-state index contributed by atoms with van der Waals surface area (Å²) in [7, 11) is 0. The minimum Gasteiger partial charge on any atom is -0.361 e. The lowest BCUT2D eigenvalue weighted by atomic mass is 10.1. The van der Waals surface area contributed by atoms with Crippen molar-refractivity contribution in [3.05, 3.63) is 65.5 Å². The van der Waals surface area contributed by atoms with Crippen molar-refractivity contribution in [3.8, 4) is 0 Å². The molecule has 0 atom stereocenters. The monoisotopic (exact) mass is 391 g/mol. The van der Waals surface area contributed by atoms with Gasteiger partial charge in [0.1, 0.15) is 5.76 Å². The third-order valence-electron chi connectivity index (χ3n) is 5.35. The summed E-state index contributed by atoms with van der Waals surface area (Å²) in [5.74, 6) is 1.87. The van der Waals surface area contributed by atoms with E-state index in [-0.39, 0.29) is 0 Å². The van der Waals surface area contributed by atoms with E-state index in [1.165, 1.54) is 16.3 Å². The Bertz CT molecular complexity index is 967. The number of rotatable bonds is 5. The van der Waals surface area contributed by atoms with Gasteiger partial charge in [-0.1, -0.05) is 47.6 Å². The molecule has 2 heterocycles. The predicted molar refractivity (Wildman–Crippen MR) is 117 cm³/mol. The number of piperazine rings is 1. The number of guanidine groups is 1. The fourth-order valence-electron chi connectivity index (χ4n) is 3.86. The number of aliphatic imine (C=N–C) groups is 1. The van der Waals surface area contributed by atoms with E-state index >= 15 is 0 Å². The van der Waals surface area contributed by atoms with Crippen molar-refractivity contribution in [3.63, 3.8) is 0 Å². The van der Waals surface area contributed by atoms with Crippen LogP contribution in [0.5, 0.6) is 0 Å². The first-order chi connectivity index (χ1) is 14.2. The fraction of sp³-hybridized carbons (Fsp3) is 0.391. The second-order valence-corrected chi connectivity index (χ2v) is 7.50. The van der Waals surface area contributed by atoms with Crippen molar-refractivity contribution in [1.82, 2.24) is 20.3 Å². The molecule has 1 aliphatic rings. The van der Waals surface area contributed by atoms with Crippen molar-refractivity contribution in [2.75, 3.05) is 32.7 Å². The second-order valence-electron chi connectivity index (χ2n) is 7.50. The molecule has 3 aromatic rings. The zero-order valence-corrected chi connectivity index (χ0v) is 17.3. The van der Waals surface area contributed by atoms with Crippen molar-refractivity contribution in [1.29, 1.82) is 0 Å². The highest BCUT2D eigenvalue weighted by molar-refractivity contribution is 5.86. The van der Waals surface area contributed by atoms with E-state index in [4.69, 9.17) is 9.52 Å². The van der Waals surface area contributed by atoms with Gasteiger partial charge >= 0.3 is 0 Å². The second kappa shape index (κ2) is 9.09. The van der Waals surface area contributed by atoms with E-state index in [1.54, 1.807) is 0 Å². The third kappa shape index (κ3) is 4.77. The number of aryl methyl sites for hydroxylation is 1. The molecule has 0 bridgehead atoms. The fourth-order valence-corrected chi connectivity index (χ4v) is 3.86. The van der Waals surface area contributed by atoms with Crippen LogP contribution in [0.2, 0.25) is 0 Å². The Morgan fingerprint density at radius 2 is 1.90 bits per heavy atom. The van der Waals surface area contributed by atoms with Gasteiger partial charge in [-0.25, -0.2) is 4.99 Å². The van der Waals surface area contributed by atoms with Gasteiger partial charge in [-0.2, -0.15) is 0 Å². The van der Waals surface area contributed by atoms with Crippen LogP contribution in [-0.2, 0) is 13.1 Å². The van der Waals surface area contributed by atoms with Gasteiger partial charge in [0.25, 0.3) is 0 Å². The summed E-state index contributed by atoms with van der Waals surface area (Å²) in [4.78, 5) is 9.73. The molecule has 1 saturated heterocycles. The van der Waals surface area contributed by atoms with E-state index in [0.29, 0.717) is 6.54 Å². The van der Waals surface area contributed by atoms with Gasteiger partial charge in [-0.05, 0) is 30.2 Å². The van der Waals surface area contributed by atoms with Gasteiger partial charge in [0.05, 0.1) is 12.2 Å². The Kier molecular flexibility index (Phi) is 6.10. The first kappa shape index (κ1) is 19.5. The van der Waals surface area contributed by atoms with Crippen LogP contribution in [0.4, 0.5) is 0 Å². The molecule has 29 heavy (non-hydrogen) atoms. The lowest BCUT2D eigenvalue weighted by Crippen LogP contribution is -2.52. The highest BCUT2D eigenvalue weighted by atomic mass is 16.5. The maximum absolute atomic E-state index is 5.19. The van der Waals surface area contributed by atoms with Crippen LogP contribution in [-0.4, -0.2) is 53.6 Å². The highest BCUT2D eigenvalue weighted by Gasteiger charge is 2.20. The zero-order chi connectivity index (χ0) is 20.1. The van der Waals surface area contributed by atoms with Gasteiger partial charge in [0.15, 0.2) is 5.96 Å². The van der Waals surface area contributed by atoms with Crippen LogP contribution in [0.15, 0.2) is 58.0 Å². The molecular weight excluding hydrogens is 362 g/mol. The quantitative estimate of drug-likeness (QED) is 0.533. The number of benzene rings is 2. The normalized spacial score (nSPS) is 15.8. The Hall–Kier alpha value is -2.86. The summed E-state index contributed by atoms with van der Waals surface area (Å²) in [6.45, 7) is 10.3. The SMILES string of the molecule is CCNC(=NCc1cccc2ccccc12)N1CCN(Cc2cc(C)on2)CC1. The first-order valence-corrected chi connectivity index (χ1v) is 10.4. The third-order valence-corrected chi connectivity index (χ3v) is 5.35. The van der Waals surface area contributed by atoms with E-state index in [1.807, 2.05) is 13.0 Å². The molecule has 0 saturated carbocycles. The first-order valence-electron chi connectivity index (χ1n) is 10.4. The van der Waals surface area contributed by atoms with Gasteiger partial charge in [0, 0.05) is 45.3 Å². The van der Waals surface area contributed by atoms with Crippen LogP contribution in [0, 0.1) is 6.92 Å². The Balaban J connectivity index is 1.41.